The molecule has 0 aromatic heterocycles. The molecule has 0 bridgehead atoms. The lowest BCUT2D eigenvalue weighted by Crippen LogP contribution is -2.34. The zero-order valence-corrected chi connectivity index (χ0v) is 20.8. The highest BCUT2D eigenvalue weighted by Gasteiger charge is 2.33. The number of nitrogens with one attached hydrogen (secondary N) is 1. The van der Waals surface area contributed by atoms with Crippen LogP contribution in [0.5, 0.6) is 0 Å². The largest absolute Gasteiger partial charge is 0.416 e. The van der Waals surface area contributed by atoms with E-state index in [1.165, 1.54) is 18.2 Å². The molecule has 34 heavy (non-hydrogen) atoms. The van der Waals surface area contributed by atoms with Crippen LogP contribution in [-0.4, -0.2) is 8.96 Å². The SMILES string of the molecule is Cc1c(/C=C/c2cc(C(C)NS(=O)C(C)(C)C)ccc2C(F)(F)F)cccc1-c1ccccc1. The van der Waals surface area contributed by atoms with Crippen molar-refractivity contribution in [1.29, 1.82) is 0 Å². The van der Waals surface area contributed by atoms with Crippen LogP contribution in [0.25, 0.3) is 23.3 Å². The third kappa shape index (κ3) is 6.24. The fourth-order valence-corrected chi connectivity index (χ4v) is 4.41. The van der Waals surface area contributed by atoms with Gasteiger partial charge in [-0.3, -0.25) is 0 Å². The lowest BCUT2D eigenvalue weighted by Gasteiger charge is -2.23. The van der Waals surface area contributed by atoms with E-state index in [1.54, 1.807) is 13.0 Å². The molecule has 0 fully saturated rings. The molecule has 3 aromatic rings. The third-order valence-electron chi connectivity index (χ3n) is 5.62. The second-order valence-corrected chi connectivity index (χ2v) is 11.3. The summed E-state index contributed by atoms with van der Waals surface area (Å²) in [4.78, 5) is 0. The fourth-order valence-electron chi connectivity index (χ4n) is 3.60. The van der Waals surface area contributed by atoms with Crippen LogP contribution in [0.15, 0.2) is 66.7 Å². The van der Waals surface area contributed by atoms with Crippen LogP contribution < -0.4 is 4.72 Å². The highest BCUT2D eigenvalue weighted by atomic mass is 32.2. The van der Waals surface area contributed by atoms with Gasteiger partial charge in [-0.2, -0.15) is 13.2 Å². The molecule has 2 atom stereocenters. The van der Waals surface area contributed by atoms with E-state index >= 15 is 0 Å². The topological polar surface area (TPSA) is 29.1 Å². The second-order valence-electron chi connectivity index (χ2n) is 9.28. The van der Waals surface area contributed by atoms with Gasteiger partial charge in [0.15, 0.2) is 0 Å². The molecule has 0 heterocycles. The van der Waals surface area contributed by atoms with Crippen LogP contribution in [0, 0.1) is 6.92 Å². The molecule has 0 radical (unpaired) electrons. The Bertz CT molecular complexity index is 1190. The van der Waals surface area contributed by atoms with E-state index in [-0.39, 0.29) is 11.6 Å². The van der Waals surface area contributed by atoms with Gasteiger partial charge in [-0.15, -0.1) is 0 Å². The zero-order valence-electron chi connectivity index (χ0n) is 20.0. The summed E-state index contributed by atoms with van der Waals surface area (Å²) < 4.78 is 56.2. The normalized spacial score (nSPS) is 14.4. The van der Waals surface area contributed by atoms with E-state index in [0.29, 0.717) is 5.56 Å². The van der Waals surface area contributed by atoms with Crippen LogP contribution >= 0.6 is 0 Å². The quantitative estimate of drug-likeness (QED) is 0.353. The molecule has 0 aliphatic heterocycles. The zero-order chi connectivity index (χ0) is 25.1. The Morgan fingerprint density at radius 2 is 1.53 bits per heavy atom. The molecule has 0 aliphatic rings. The summed E-state index contributed by atoms with van der Waals surface area (Å²) in [5.41, 5.74) is 3.94. The first-order chi connectivity index (χ1) is 15.9. The molecule has 2 nitrogen and oxygen atoms in total. The Morgan fingerprint density at radius 1 is 0.882 bits per heavy atom. The van der Waals surface area contributed by atoms with Crippen molar-refractivity contribution in [2.75, 3.05) is 0 Å². The first kappa shape index (κ1) is 25.9. The molecule has 1 N–H and O–H groups in total. The average Bonchev–Trinajstić information content (AvgIpc) is 2.77. The monoisotopic (exact) mass is 485 g/mol. The minimum atomic E-state index is -4.48. The number of benzene rings is 3. The summed E-state index contributed by atoms with van der Waals surface area (Å²) in [6.07, 6.45) is -1.25. The van der Waals surface area contributed by atoms with Gasteiger partial charge in [-0.05, 0) is 80.1 Å². The van der Waals surface area contributed by atoms with Gasteiger partial charge >= 0.3 is 6.18 Å². The van der Waals surface area contributed by atoms with Crippen molar-refractivity contribution in [3.8, 4) is 11.1 Å². The highest BCUT2D eigenvalue weighted by molar-refractivity contribution is 7.84. The summed E-state index contributed by atoms with van der Waals surface area (Å²) >= 11 is 0. The van der Waals surface area contributed by atoms with E-state index in [4.69, 9.17) is 0 Å². The minimum absolute atomic E-state index is 0.0738. The first-order valence-electron chi connectivity index (χ1n) is 11.1. The molecule has 180 valence electrons. The summed E-state index contributed by atoms with van der Waals surface area (Å²) in [7, 11) is -1.34. The molecule has 0 spiro atoms. The Labute approximate surface area is 202 Å². The molecule has 2 unspecified atom stereocenters. The summed E-state index contributed by atoms with van der Waals surface area (Å²) in [6.45, 7) is 9.30. The molecule has 0 saturated carbocycles. The maximum absolute atomic E-state index is 13.7. The molecule has 0 aliphatic carbocycles. The van der Waals surface area contributed by atoms with Gasteiger partial charge in [0.1, 0.15) is 0 Å². The third-order valence-corrected chi connectivity index (χ3v) is 7.30. The van der Waals surface area contributed by atoms with Crippen molar-refractivity contribution >= 4 is 23.1 Å². The highest BCUT2D eigenvalue weighted by Crippen LogP contribution is 2.35. The summed E-state index contributed by atoms with van der Waals surface area (Å²) in [5, 5.41) is 0. The van der Waals surface area contributed by atoms with Gasteiger partial charge in [-0.25, -0.2) is 8.93 Å². The maximum atomic E-state index is 13.7. The minimum Gasteiger partial charge on any atom is -0.242 e. The van der Waals surface area contributed by atoms with Gasteiger partial charge in [0, 0.05) is 6.04 Å². The summed E-state index contributed by atoms with van der Waals surface area (Å²) in [5.74, 6) is 0. The Morgan fingerprint density at radius 3 is 2.15 bits per heavy atom. The molecular weight excluding hydrogens is 455 g/mol. The van der Waals surface area contributed by atoms with Gasteiger partial charge in [-0.1, -0.05) is 66.7 Å². The first-order valence-corrected chi connectivity index (χ1v) is 12.2. The van der Waals surface area contributed by atoms with E-state index < -0.39 is 27.5 Å². The average molecular weight is 486 g/mol. The molecule has 3 aromatic carbocycles. The van der Waals surface area contributed by atoms with Crippen molar-refractivity contribution in [2.24, 2.45) is 0 Å². The van der Waals surface area contributed by atoms with Crippen molar-refractivity contribution in [3.05, 3.63) is 94.5 Å². The molecule has 0 amide bonds. The maximum Gasteiger partial charge on any atom is 0.416 e. The lowest BCUT2D eigenvalue weighted by molar-refractivity contribution is -0.137. The Kier molecular flexibility index (Phi) is 7.84. The molecule has 6 heteroatoms. The van der Waals surface area contributed by atoms with E-state index in [9.17, 15) is 17.4 Å². The predicted octanol–water partition coefficient (Wildman–Crippen LogP) is 7.96. The Hall–Kier alpha value is -2.70. The van der Waals surface area contributed by atoms with E-state index in [1.807, 2.05) is 76.2 Å². The van der Waals surface area contributed by atoms with Gasteiger partial charge in [0.25, 0.3) is 0 Å². The fraction of sp³-hybridized carbons (Fsp3) is 0.286. The number of hydrogen-bond donors (Lipinski definition) is 1. The standard InChI is InChI=1S/C28H30F3NOS/c1-19-21(12-9-13-25(19)22-10-7-6-8-11-22)14-15-24-18-23(16-17-26(24)28(29,30)31)20(2)32-34(33)27(3,4)5/h6-18,20,32H,1-5H3/b15-14+. The van der Waals surface area contributed by atoms with E-state index in [2.05, 4.69) is 4.72 Å². The Balaban J connectivity index is 1.98. The van der Waals surface area contributed by atoms with Gasteiger partial charge in [0.2, 0.25) is 0 Å². The number of halogens is 3. The van der Waals surface area contributed by atoms with Crippen molar-refractivity contribution in [1.82, 2.24) is 4.72 Å². The van der Waals surface area contributed by atoms with Crippen LogP contribution in [0.1, 0.15) is 61.6 Å². The number of alkyl halides is 3. The molecule has 3 rings (SSSR count). The van der Waals surface area contributed by atoms with Crippen LogP contribution in [0.4, 0.5) is 13.2 Å². The number of rotatable bonds is 6. The van der Waals surface area contributed by atoms with Crippen molar-refractivity contribution < 1.29 is 17.4 Å². The van der Waals surface area contributed by atoms with Crippen LogP contribution in [-0.2, 0) is 17.2 Å². The molecular formula is C28H30F3NOS. The summed E-state index contributed by atoms with van der Waals surface area (Å²) in [6, 6.07) is 19.4. The second kappa shape index (κ2) is 10.3. The number of hydrogen-bond acceptors (Lipinski definition) is 1. The lowest BCUT2D eigenvalue weighted by atomic mass is 9.95. The van der Waals surface area contributed by atoms with Gasteiger partial charge < -0.3 is 0 Å². The molecule has 0 saturated heterocycles. The van der Waals surface area contributed by atoms with Gasteiger partial charge in [0.05, 0.1) is 21.3 Å². The smallest absolute Gasteiger partial charge is 0.242 e. The van der Waals surface area contributed by atoms with Crippen molar-refractivity contribution in [3.63, 3.8) is 0 Å². The van der Waals surface area contributed by atoms with Crippen LogP contribution in [0.3, 0.4) is 0 Å². The predicted molar refractivity (Wildman–Crippen MR) is 136 cm³/mol. The van der Waals surface area contributed by atoms with Crippen LogP contribution in [0.2, 0.25) is 0 Å². The van der Waals surface area contributed by atoms with E-state index in [0.717, 1.165) is 28.3 Å². The van der Waals surface area contributed by atoms with Crippen molar-refractivity contribution in [2.45, 2.75) is 51.6 Å².